The molecule has 0 aromatic carbocycles. The predicted octanol–water partition coefficient (Wildman–Crippen LogP) is -3.29. The predicted molar refractivity (Wildman–Crippen MR) is 58.1 cm³/mol. The lowest BCUT2D eigenvalue weighted by Crippen LogP contribution is -3.20. The molecule has 0 spiro atoms. The van der Waals surface area contributed by atoms with Gasteiger partial charge in [0.15, 0.2) is 0 Å². The molecule has 2 aliphatic heterocycles. The van der Waals surface area contributed by atoms with Gasteiger partial charge in [-0.3, -0.25) is 0 Å². The van der Waals surface area contributed by atoms with Gasteiger partial charge in [-0.05, 0) is 0 Å². The third-order valence-electron chi connectivity index (χ3n) is 4.38. The second-order valence-electron chi connectivity index (χ2n) is 5.48. The molecule has 2 N–H and O–H groups in total. The maximum atomic E-state index is 10.8. The normalized spacial score (nSPS) is 40.6. The highest BCUT2D eigenvalue weighted by molar-refractivity contribution is 5.67. The fourth-order valence-electron chi connectivity index (χ4n) is 3.15. The minimum Gasteiger partial charge on any atom is -0.550 e. The Kier molecular flexibility index (Phi) is 3.82. The van der Waals surface area contributed by atoms with E-state index in [1.54, 1.807) is 9.80 Å². The third-order valence-corrected chi connectivity index (χ3v) is 4.38. The van der Waals surface area contributed by atoms with E-state index in [0.717, 1.165) is 32.0 Å². The molecule has 4 heteroatoms. The summed E-state index contributed by atoms with van der Waals surface area (Å²) in [6.07, 6.45) is 4.24. The maximum absolute atomic E-state index is 10.8. The minimum absolute atomic E-state index is 0.180. The number of aliphatic carboxylic acids is 1. The van der Waals surface area contributed by atoms with Crippen molar-refractivity contribution in [3.05, 3.63) is 0 Å². The van der Waals surface area contributed by atoms with Crippen LogP contribution >= 0.6 is 0 Å². The topological polar surface area (TPSA) is 49.0 Å². The van der Waals surface area contributed by atoms with E-state index < -0.39 is 5.97 Å². The van der Waals surface area contributed by atoms with Crippen LogP contribution in [0.1, 0.15) is 25.7 Å². The number of rotatable bonds is 2. The van der Waals surface area contributed by atoms with Crippen LogP contribution in [-0.4, -0.2) is 45.2 Å². The third kappa shape index (κ3) is 2.74. The van der Waals surface area contributed by atoms with Gasteiger partial charge in [0.05, 0.1) is 39.3 Å². The molecule has 2 heterocycles. The molecule has 92 valence electrons. The fraction of sp³-hybridized carbons (Fsp3) is 0.917. The van der Waals surface area contributed by atoms with E-state index in [-0.39, 0.29) is 5.92 Å². The summed E-state index contributed by atoms with van der Waals surface area (Å²) < 4.78 is 0. The minimum atomic E-state index is -0.841. The Bertz CT molecular complexity index is 241. The van der Waals surface area contributed by atoms with Crippen LogP contribution in [0.15, 0.2) is 0 Å². The molecular formula is C12H23N2O2+. The zero-order valence-corrected chi connectivity index (χ0v) is 10.1. The maximum Gasteiger partial charge on any atom is 0.0983 e. The van der Waals surface area contributed by atoms with Crippen LogP contribution in [0.25, 0.3) is 0 Å². The summed E-state index contributed by atoms with van der Waals surface area (Å²) in [6.45, 7) is 4.61. The number of quaternary nitrogens is 2. The van der Waals surface area contributed by atoms with E-state index in [2.05, 4.69) is 7.05 Å². The number of likely N-dealkylation sites (tertiary alicyclic amines) is 2. The van der Waals surface area contributed by atoms with Gasteiger partial charge < -0.3 is 19.7 Å². The van der Waals surface area contributed by atoms with E-state index in [1.165, 1.54) is 25.9 Å². The highest BCUT2D eigenvalue weighted by Gasteiger charge is 2.32. The summed E-state index contributed by atoms with van der Waals surface area (Å²) in [6, 6.07) is 0.784. The fourth-order valence-corrected chi connectivity index (χ4v) is 3.15. The molecule has 0 aromatic rings. The van der Waals surface area contributed by atoms with E-state index in [0.29, 0.717) is 0 Å². The number of carboxylic acids is 1. The van der Waals surface area contributed by atoms with E-state index >= 15 is 0 Å². The Balaban J connectivity index is 1.78. The Hall–Kier alpha value is -0.610. The molecule has 0 unspecified atom stereocenters. The summed E-state index contributed by atoms with van der Waals surface area (Å²) >= 11 is 0. The summed E-state index contributed by atoms with van der Waals surface area (Å²) in [4.78, 5) is 14.0. The van der Waals surface area contributed by atoms with Crippen molar-refractivity contribution in [2.75, 3.05) is 33.2 Å². The Morgan fingerprint density at radius 1 is 1.06 bits per heavy atom. The lowest BCUT2D eigenvalue weighted by molar-refractivity contribution is -0.955. The molecule has 2 aliphatic rings. The SMILES string of the molecule is C[NH+]1CCC([NH+]2CCC(C(=O)[O-])CC2)CC1. The molecule has 0 aromatic heterocycles. The van der Waals surface area contributed by atoms with Gasteiger partial charge in [-0.15, -0.1) is 0 Å². The molecule has 2 saturated heterocycles. The largest absolute Gasteiger partial charge is 0.550 e. The number of hydrogen-bond donors (Lipinski definition) is 2. The molecule has 0 aliphatic carbocycles. The molecular weight excluding hydrogens is 204 g/mol. The number of carbonyl (C=O) groups excluding carboxylic acids is 1. The van der Waals surface area contributed by atoms with Crippen molar-refractivity contribution >= 4 is 5.97 Å². The molecule has 4 nitrogen and oxygen atoms in total. The smallest absolute Gasteiger partial charge is 0.0983 e. The van der Waals surface area contributed by atoms with Gasteiger partial charge in [0, 0.05) is 37.6 Å². The standard InChI is InChI=1S/C12H22N2O2/c1-13-6-4-11(5-7-13)14-8-2-10(3-9-14)12(15)16/h10-11H,2-9H2,1H3,(H,15,16)/p+1. The zero-order chi connectivity index (χ0) is 11.5. The lowest BCUT2D eigenvalue weighted by atomic mass is 9.94. The van der Waals surface area contributed by atoms with Crippen LogP contribution in [0, 0.1) is 5.92 Å². The Labute approximate surface area is 97.2 Å². The van der Waals surface area contributed by atoms with Crippen LogP contribution < -0.4 is 14.9 Å². The first kappa shape index (κ1) is 11.9. The van der Waals surface area contributed by atoms with Gasteiger partial charge in [-0.2, -0.15) is 0 Å². The summed E-state index contributed by atoms with van der Waals surface area (Å²) in [7, 11) is 2.26. The number of carboxylic acid groups (broad SMARTS) is 1. The van der Waals surface area contributed by atoms with Crippen molar-refractivity contribution < 1.29 is 19.7 Å². The summed E-state index contributed by atoms with van der Waals surface area (Å²) in [5.74, 6) is -1.02. The van der Waals surface area contributed by atoms with Crippen molar-refractivity contribution in [2.45, 2.75) is 31.7 Å². The van der Waals surface area contributed by atoms with E-state index in [1.807, 2.05) is 0 Å². The Morgan fingerprint density at radius 3 is 2.12 bits per heavy atom. The monoisotopic (exact) mass is 227 g/mol. The number of hydrogen-bond acceptors (Lipinski definition) is 2. The molecule has 0 saturated carbocycles. The second-order valence-corrected chi connectivity index (χ2v) is 5.48. The van der Waals surface area contributed by atoms with Crippen LogP contribution in [-0.2, 0) is 4.79 Å². The van der Waals surface area contributed by atoms with Gasteiger partial charge in [0.2, 0.25) is 0 Å². The molecule has 0 radical (unpaired) electrons. The number of piperidine rings is 2. The highest BCUT2D eigenvalue weighted by atomic mass is 16.4. The first-order valence-electron chi connectivity index (χ1n) is 6.53. The van der Waals surface area contributed by atoms with Crippen LogP contribution in [0.3, 0.4) is 0 Å². The average Bonchev–Trinajstić information content (AvgIpc) is 2.30. The van der Waals surface area contributed by atoms with E-state index in [9.17, 15) is 9.90 Å². The van der Waals surface area contributed by atoms with Crippen molar-refractivity contribution in [1.29, 1.82) is 0 Å². The summed E-state index contributed by atoms with van der Waals surface area (Å²) in [5.41, 5.74) is 0. The van der Waals surface area contributed by atoms with Gasteiger partial charge >= 0.3 is 0 Å². The molecule has 0 bridgehead atoms. The summed E-state index contributed by atoms with van der Waals surface area (Å²) in [5, 5.41) is 10.8. The lowest BCUT2D eigenvalue weighted by Gasteiger charge is -2.37. The van der Waals surface area contributed by atoms with Crippen LogP contribution in [0.4, 0.5) is 0 Å². The zero-order valence-electron chi connectivity index (χ0n) is 10.1. The molecule has 0 atom stereocenters. The molecule has 2 fully saturated rings. The van der Waals surface area contributed by atoms with Crippen molar-refractivity contribution in [3.8, 4) is 0 Å². The first-order chi connectivity index (χ1) is 7.66. The number of carbonyl (C=O) groups is 1. The van der Waals surface area contributed by atoms with Gasteiger partial charge in [-0.25, -0.2) is 0 Å². The molecule has 0 amide bonds. The highest BCUT2D eigenvalue weighted by Crippen LogP contribution is 2.09. The van der Waals surface area contributed by atoms with Crippen molar-refractivity contribution in [3.63, 3.8) is 0 Å². The molecule has 2 rings (SSSR count). The van der Waals surface area contributed by atoms with Gasteiger partial charge in [0.25, 0.3) is 0 Å². The van der Waals surface area contributed by atoms with Crippen LogP contribution in [0.5, 0.6) is 0 Å². The van der Waals surface area contributed by atoms with E-state index in [4.69, 9.17) is 0 Å². The van der Waals surface area contributed by atoms with Gasteiger partial charge in [0.1, 0.15) is 0 Å². The number of nitrogens with one attached hydrogen (secondary N) is 2. The van der Waals surface area contributed by atoms with Crippen molar-refractivity contribution in [1.82, 2.24) is 0 Å². The van der Waals surface area contributed by atoms with Gasteiger partial charge in [-0.1, -0.05) is 0 Å². The van der Waals surface area contributed by atoms with Crippen LogP contribution in [0.2, 0.25) is 0 Å². The van der Waals surface area contributed by atoms with Crippen molar-refractivity contribution in [2.24, 2.45) is 5.92 Å². The average molecular weight is 227 g/mol. The molecule has 16 heavy (non-hydrogen) atoms. The quantitative estimate of drug-likeness (QED) is 0.519. The second kappa shape index (κ2) is 5.15. The Morgan fingerprint density at radius 2 is 1.62 bits per heavy atom. The first-order valence-corrected chi connectivity index (χ1v) is 6.53.